The van der Waals surface area contributed by atoms with Crippen LogP contribution >= 0.6 is 47.8 Å². The van der Waals surface area contributed by atoms with Crippen LogP contribution in [0, 0.1) is 6.92 Å². The van der Waals surface area contributed by atoms with Gasteiger partial charge in [-0.15, -0.1) is 0 Å². The Kier molecular flexibility index (Phi) is 26.4. The smallest absolute Gasteiger partial charge is 1.00 e. The van der Waals surface area contributed by atoms with Crippen molar-refractivity contribution in [2.75, 3.05) is 0 Å². The first-order valence-electron chi connectivity index (χ1n) is 7.91. The molecule has 0 aliphatic rings. The molecule has 5 heteroatoms. The van der Waals surface area contributed by atoms with Gasteiger partial charge in [-0.2, -0.15) is 6.42 Å². The summed E-state index contributed by atoms with van der Waals surface area (Å²) in [6.45, 7) is 7.72. The number of benzene rings is 2. The first-order chi connectivity index (χ1) is 11.1. The second-order valence-corrected chi connectivity index (χ2v) is 7.39. The van der Waals surface area contributed by atoms with Crippen molar-refractivity contribution in [2.24, 2.45) is 0 Å². The standard InChI is InChI=1S/C10H13Br.C7H6Br2.C3H7.BrH.Mg/c1-2-3-5-9-6-4-7-10(11)8-9;8-5-6-2-1-3-7(9)4-6;1-3-2;;/h4,6-8H,2-3,5H2,1H3;1-4H,5H2;1,3H2,2H3;1H;/q;;-1;;+2/p-1. The summed E-state index contributed by atoms with van der Waals surface area (Å²) in [5.41, 5.74) is 2.73. The van der Waals surface area contributed by atoms with Gasteiger partial charge in [-0.25, -0.2) is 0 Å². The van der Waals surface area contributed by atoms with Crippen LogP contribution in [0.4, 0.5) is 0 Å². The summed E-state index contributed by atoms with van der Waals surface area (Å²) in [6.07, 6.45) is 4.76. The minimum atomic E-state index is 0. The molecule has 0 bridgehead atoms. The molecule has 0 N–H and O–H groups in total. The molecule has 0 saturated heterocycles. The fourth-order valence-electron chi connectivity index (χ4n) is 1.69. The van der Waals surface area contributed by atoms with E-state index >= 15 is 0 Å². The molecule has 0 saturated carbocycles. The van der Waals surface area contributed by atoms with Crippen LogP contribution in [0.15, 0.2) is 57.5 Å². The molecule has 2 aromatic carbocycles. The summed E-state index contributed by atoms with van der Waals surface area (Å²) < 4.78 is 2.32. The fourth-order valence-corrected chi connectivity index (χ4v) is 2.94. The van der Waals surface area contributed by atoms with Crippen LogP contribution in [-0.4, -0.2) is 23.1 Å². The third kappa shape index (κ3) is 18.3. The van der Waals surface area contributed by atoms with Gasteiger partial charge in [0.05, 0.1) is 0 Å². The van der Waals surface area contributed by atoms with Gasteiger partial charge in [0.1, 0.15) is 0 Å². The van der Waals surface area contributed by atoms with E-state index in [1.165, 1.54) is 34.9 Å². The maximum atomic E-state index is 3.49. The van der Waals surface area contributed by atoms with Crippen molar-refractivity contribution in [2.45, 2.75) is 44.9 Å². The second-order valence-electron chi connectivity index (χ2n) is 5.00. The van der Waals surface area contributed by atoms with Gasteiger partial charge >= 0.3 is 23.1 Å². The third-order valence-electron chi connectivity index (χ3n) is 2.75. The van der Waals surface area contributed by atoms with Gasteiger partial charge in [0.15, 0.2) is 0 Å². The van der Waals surface area contributed by atoms with Crippen LogP contribution in [-0.2, 0) is 11.8 Å². The second kappa shape index (κ2) is 21.4. The zero-order chi connectivity index (χ0) is 17.5. The fraction of sp³-hybridized carbons (Fsp3) is 0.350. The summed E-state index contributed by atoms with van der Waals surface area (Å²) in [7, 11) is 0. The molecule has 0 radical (unpaired) electrons. The van der Waals surface area contributed by atoms with Crippen LogP contribution in [0.25, 0.3) is 0 Å². The van der Waals surface area contributed by atoms with E-state index in [1.54, 1.807) is 0 Å². The molecule has 2 aromatic rings. The van der Waals surface area contributed by atoms with E-state index in [1.807, 2.05) is 19.1 Å². The van der Waals surface area contributed by atoms with E-state index in [9.17, 15) is 0 Å². The largest absolute Gasteiger partial charge is 2.00 e. The van der Waals surface area contributed by atoms with Crippen LogP contribution in [0.2, 0.25) is 0 Å². The Morgan fingerprint density at radius 2 is 1.32 bits per heavy atom. The molecule has 0 spiro atoms. The zero-order valence-corrected chi connectivity index (χ0v) is 22.8. The molecule has 0 aliphatic heterocycles. The molecule has 0 atom stereocenters. The van der Waals surface area contributed by atoms with Gasteiger partial charge < -0.3 is 23.9 Å². The molecule has 136 valence electrons. The zero-order valence-electron chi connectivity index (χ0n) is 15.1. The van der Waals surface area contributed by atoms with Crippen molar-refractivity contribution in [1.29, 1.82) is 0 Å². The average Bonchev–Trinajstić information content (AvgIpc) is 2.54. The maximum Gasteiger partial charge on any atom is 2.00 e. The van der Waals surface area contributed by atoms with Gasteiger partial charge in [0.25, 0.3) is 0 Å². The monoisotopic (exact) mass is 606 g/mol. The van der Waals surface area contributed by atoms with Gasteiger partial charge in [0.2, 0.25) is 0 Å². The quantitative estimate of drug-likeness (QED) is 0.260. The molecule has 0 aromatic heterocycles. The van der Waals surface area contributed by atoms with E-state index in [-0.39, 0.29) is 40.0 Å². The maximum absolute atomic E-state index is 3.49. The molecule has 0 nitrogen and oxygen atoms in total. The number of hydrogen-bond donors (Lipinski definition) is 0. The summed E-state index contributed by atoms with van der Waals surface area (Å²) in [5, 5.41) is 0.923. The number of hydrogen-bond acceptors (Lipinski definition) is 0. The predicted molar refractivity (Wildman–Crippen MR) is 121 cm³/mol. The molecule has 25 heavy (non-hydrogen) atoms. The summed E-state index contributed by atoms with van der Waals surface area (Å²) in [6, 6.07) is 16.8. The number of aryl methyl sites for hydroxylation is 1. The molecule has 0 heterocycles. The third-order valence-corrected chi connectivity index (χ3v) is 4.39. The Hall–Kier alpha value is 1.13. The Morgan fingerprint density at radius 3 is 1.68 bits per heavy atom. The Labute approximate surface area is 206 Å². The van der Waals surface area contributed by atoms with Crippen molar-refractivity contribution in [3.63, 3.8) is 0 Å². The normalized spacial score (nSPS) is 8.56. The summed E-state index contributed by atoms with van der Waals surface area (Å²) >= 11 is 10.2. The summed E-state index contributed by atoms with van der Waals surface area (Å²) in [5.74, 6) is 0. The van der Waals surface area contributed by atoms with E-state index < -0.39 is 0 Å². The minimum Gasteiger partial charge on any atom is -1.00 e. The molecule has 0 aliphatic carbocycles. The molecule has 0 amide bonds. The molecule has 0 fully saturated rings. The van der Waals surface area contributed by atoms with Gasteiger partial charge in [-0.3, -0.25) is 0 Å². The Bertz CT molecular complexity index is 533. The average molecular weight is 610 g/mol. The van der Waals surface area contributed by atoms with E-state index in [2.05, 4.69) is 98.0 Å². The molecule has 2 rings (SSSR count). The van der Waals surface area contributed by atoms with E-state index in [0.29, 0.717) is 0 Å². The van der Waals surface area contributed by atoms with E-state index in [0.717, 1.165) is 16.2 Å². The molecule has 0 unspecified atom stereocenters. The van der Waals surface area contributed by atoms with Crippen molar-refractivity contribution in [1.82, 2.24) is 0 Å². The molecular formula is C20H26Br4Mg. The van der Waals surface area contributed by atoms with Crippen molar-refractivity contribution < 1.29 is 17.0 Å². The van der Waals surface area contributed by atoms with Crippen molar-refractivity contribution in [3.8, 4) is 0 Å². The first-order valence-corrected chi connectivity index (χ1v) is 10.6. The topological polar surface area (TPSA) is 0 Å². The van der Waals surface area contributed by atoms with Crippen LogP contribution in [0.5, 0.6) is 0 Å². The number of rotatable bonds is 4. The number of halogens is 4. The van der Waals surface area contributed by atoms with Crippen LogP contribution in [0.3, 0.4) is 0 Å². The van der Waals surface area contributed by atoms with Gasteiger partial charge in [0, 0.05) is 14.3 Å². The molecular weight excluding hydrogens is 584 g/mol. The van der Waals surface area contributed by atoms with Crippen LogP contribution in [0.1, 0.15) is 44.2 Å². The van der Waals surface area contributed by atoms with Crippen molar-refractivity contribution >= 4 is 70.8 Å². The van der Waals surface area contributed by atoms with Gasteiger partial charge in [-0.05, 0) is 48.2 Å². The number of alkyl halides is 1. The Morgan fingerprint density at radius 1 is 0.880 bits per heavy atom. The predicted octanol–water partition coefficient (Wildman–Crippen LogP) is 4.99. The number of unbranched alkanes of at least 4 members (excludes halogenated alkanes) is 1. The summed E-state index contributed by atoms with van der Waals surface area (Å²) in [4.78, 5) is 0. The van der Waals surface area contributed by atoms with E-state index in [4.69, 9.17) is 0 Å². The Balaban J connectivity index is -0.000000317. The minimum absolute atomic E-state index is 0. The van der Waals surface area contributed by atoms with Crippen LogP contribution < -0.4 is 17.0 Å². The first kappa shape index (κ1) is 30.8. The van der Waals surface area contributed by atoms with Crippen molar-refractivity contribution in [3.05, 3.63) is 75.5 Å². The van der Waals surface area contributed by atoms with Gasteiger partial charge in [-0.1, -0.05) is 92.3 Å². The SMILES string of the molecule is BrCc1cccc(Br)c1.CCCCc1cccc(Br)c1.[Br-].[CH2-]CC.[Mg+2].